The number of hydrogen-bond acceptors (Lipinski definition) is 4. The fourth-order valence-electron chi connectivity index (χ4n) is 2.58. The van der Waals surface area contributed by atoms with Gasteiger partial charge in [0, 0.05) is 10.7 Å². The van der Waals surface area contributed by atoms with E-state index in [0.29, 0.717) is 10.8 Å². The van der Waals surface area contributed by atoms with E-state index in [4.69, 9.17) is 16.3 Å². The van der Waals surface area contributed by atoms with Gasteiger partial charge in [0.25, 0.3) is 0 Å². The van der Waals surface area contributed by atoms with E-state index >= 15 is 0 Å². The van der Waals surface area contributed by atoms with Crippen LogP contribution in [0.15, 0.2) is 60.8 Å². The van der Waals surface area contributed by atoms with E-state index < -0.39 is 0 Å². The molecule has 0 radical (unpaired) electrons. The highest BCUT2D eigenvalue weighted by Crippen LogP contribution is 2.23. The number of pyridine rings is 1. The Morgan fingerprint density at radius 2 is 1.89 bits per heavy atom. The molecule has 1 aromatic heterocycles. The van der Waals surface area contributed by atoms with Gasteiger partial charge in [-0.25, -0.2) is 4.98 Å². The van der Waals surface area contributed by atoms with Crippen LogP contribution >= 0.6 is 11.6 Å². The van der Waals surface area contributed by atoms with Crippen molar-refractivity contribution in [3.05, 3.63) is 76.9 Å². The van der Waals surface area contributed by atoms with Crippen molar-refractivity contribution in [2.24, 2.45) is 0 Å². The van der Waals surface area contributed by atoms with E-state index in [1.54, 1.807) is 19.4 Å². The summed E-state index contributed by atoms with van der Waals surface area (Å²) in [5.74, 6) is 1.15. The number of aromatic nitrogens is 1. The first kappa shape index (κ1) is 18.7. The zero-order valence-electron chi connectivity index (χ0n) is 15.1. The van der Waals surface area contributed by atoms with E-state index in [2.05, 4.69) is 15.6 Å². The molecular weight excluding hydrogens is 362 g/mol. The predicted molar refractivity (Wildman–Crippen MR) is 109 cm³/mol. The van der Waals surface area contributed by atoms with Crippen molar-refractivity contribution >= 4 is 34.7 Å². The third kappa shape index (κ3) is 5.21. The minimum atomic E-state index is -0.123. The summed E-state index contributed by atoms with van der Waals surface area (Å²) < 4.78 is 5.11. The first-order valence-electron chi connectivity index (χ1n) is 8.45. The summed E-state index contributed by atoms with van der Waals surface area (Å²) in [7, 11) is 1.61. The Bertz CT molecular complexity index is 925. The molecule has 1 amide bonds. The van der Waals surface area contributed by atoms with E-state index in [1.807, 2.05) is 55.5 Å². The van der Waals surface area contributed by atoms with Crippen LogP contribution in [0.5, 0.6) is 5.75 Å². The van der Waals surface area contributed by atoms with Crippen molar-refractivity contribution in [1.29, 1.82) is 0 Å². The van der Waals surface area contributed by atoms with Gasteiger partial charge in [-0.3, -0.25) is 4.79 Å². The van der Waals surface area contributed by atoms with Gasteiger partial charge in [-0.15, -0.1) is 0 Å². The van der Waals surface area contributed by atoms with Gasteiger partial charge in [0.1, 0.15) is 11.6 Å². The molecule has 0 aliphatic rings. The fraction of sp³-hybridized carbons (Fsp3) is 0.143. The van der Waals surface area contributed by atoms with E-state index in [1.165, 1.54) is 0 Å². The molecule has 0 saturated heterocycles. The van der Waals surface area contributed by atoms with Crippen LogP contribution in [0, 0.1) is 6.92 Å². The van der Waals surface area contributed by atoms with Crippen LogP contribution in [0.4, 0.5) is 17.2 Å². The minimum Gasteiger partial charge on any atom is -0.497 e. The molecule has 6 heteroatoms. The molecule has 3 aromatic rings. The summed E-state index contributed by atoms with van der Waals surface area (Å²) in [6.45, 7) is 1.98. The highest BCUT2D eigenvalue weighted by atomic mass is 35.5. The van der Waals surface area contributed by atoms with Gasteiger partial charge in [0.2, 0.25) is 5.91 Å². The molecule has 5 nitrogen and oxygen atoms in total. The number of carbonyl (C=O) groups excluding carboxylic acids is 1. The van der Waals surface area contributed by atoms with Gasteiger partial charge >= 0.3 is 0 Å². The quantitative estimate of drug-likeness (QED) is 0.632. The monoisotopic (exact) mass is 381 g/mol. The van der Waals surface area contributed by atoms with Crippen LogP contribution in [0.1, 0.15) is 11.1 Å². The van der Waals surface area contributed by atoms with Gasteiger partial charge in [-0.2, -0.15) is 0 Å². The number of ether oxygens (including phenoxy) is 1. The molecule has 0 unspecified atom stereocenters. The number of halogens is 1. The topological polar surface area (TPSA) is 63.2 Å². The van der Waals surface area contributed by atoms with Crippen molar-refractivity contribution < 1.29 is 9.53 Å². The molecule has 0 saturated carbocycles. The number of anilines is 3. The lowest BCUT2D eigenvalue weighted by Gasteiger charge is -2.10. The number of methoxy groups -OCH3 is 1. The number of amides is 1. The Labute approximate surface area is 163 Å². The highest BCUT2D eigenvalue weighted by molar-refractivity contribution is 6.30. The Balaban J connectivity index is 1.58. The number of carbonyl (C=O) groups is 1. The third-order valence-corrected chi connectivity index (χ3v) is 4.26. The van der Waals surface area contributed by atoms with Crippen molar-refractivity contribution in [1.82, 2.24) is 4.98 Å². The number of hydrogen-bond donors (Lipinski definition) is 2. The normalized spacial score (nSPS) is 10.3. The summed E-state index contributed by atoms with van der Waals surface area (Å²) in [4.78, 5) is 16.5. The zero-order valence-corrected chi connectivity index (χ0v) is 15.9. The standard InChI is InChI=1S/C21H20ClN3O2/c1-14-11-16(22)5-9-19(14)24-17-6-10-20(23-13-17)25-21(26)12-15-3-7-18(27-2)8-4-15/h3-11,13,24H,12H2,1-2H3,(H,23,25,26). The van der Waals surface area contributed by atoms with Crippen LogP contribution in [0.2, 0.25) is 5.02 Å². The Hall–Kier alpha value is -3.05. The molecule has 1 heterocycles. The second-order valence-electron chi connectivity index (χ2n) is 6.09. The van der Waals surface area contributed by atoms with Crippen LogP contribution in [-0.4, -0.2) is 18.0 Å². The molecule has 2 aromatic carbocycles. The van der Waals surface area contributed by atoms with Crippen molar-refractivity contribution in [3.63, 3.8) is 0 Å². The molecule has 0 aliphatic carbocycles. The minimum absolute atomic E-state index is 0.123. The molecule has 0 fully saturated rings. The third-order valence-electron chi connectivity index (χ3n) is 4.02. The Morgan fingerprint density at radius 1 is 1.11 bits per heavy atom. The summed E-state index contributed by atoms with van der Waals surface area (Å²) in [6.07, 6.45) is 1.95. The molecule has 138 valence electrons. The highest BCUT2D eigenvalue weighted by Gasteiger charge is 2.06. The van der Waals surface area contributed by atoms with E-state index in [9.17, 15) is 4.79 Å². The average Bonchev–Trinajstić information content (AvgIpc) is 2.66. The van der Waals surface area contributed by atoms with Gasteiger partial charge < -0.3 is 15.4 Å². The lowest BCUT2D eigenvalue weighted by molar-refractivity contribution is -0.115. The van der Waals surface area contributed by atoms with E-state index in [0.717, 1.165) is 28.3 Å². The van der Waals surface area contributed by atoms with Crippen LogP contribution in [0.3, 0.4) is 0 Å². The SMILES string of the molecule is COc1ccc(CC(=O)Nc2ccc(Nc3ccc(Cl)cc3C)cn2)cc1. The van der Waals surface area contributed by atoms with Gasteiger partial charge in [-0.05, 0) is 60.5 Å². The van der Waals surface area contributed by atoms with Crippen LogP contribution < -0.4 is 15.4 Å². The predicted octanol–water partition coefficient (Wildman–Crippen LogP) is 4.98. The molecule has 0 aliphatic heterocycles. The van der Waals surface area contributed by atoms with Crippen LogP contribution in [0.25, 0.3) is 0 Å². The largest absolute Gasteiger partial charge is 0.497 e. The molecule has 2 N–H and O–H groups in total. The maximum atomic E-state index is 12.2. The summed E-state index contributed by atoms with van der Waals surface area (Å²) >= 11 is 5.98. The van der Waals surface area contributed by atoms with Crippen molar-refractivity contribution in [2.45, 2.75) is 13.3 Å². The number of rotatable bonds is 6. The average molecular weight is 382 g/mol. The maximum Gasteiger partial charge on any atom is 0.229 e. The van der Waals surface area contributed by atoms with Crippen LogP contribution in [-0.2, 0) is 11.2 Å². The summed E-state index contributed by atoms with van der Waals surface area (Å²) in [5.41, 5.74) is 3.73. The van der Waals surface area contributed by atoms with Gasteiger partial charge in [0.15, 0.2) is 0 Å². The second kappa shape index (κ2) is 8.56. The van der Waals surface area contributed by atoms with Gasteiger partial charge in [-0.1, -0.05) is 23.7 Å². The first-order chi connectivity index (χ1) is 13.0. The molecule has 0 spiro atoms. The van der Waals surface area contributed by atoms with Gasteiger partial charge in [0.05, 0.1) is 25.4 Å². The smallest absolute Gasteiger partial charge is 0.229 e. The Kier molecular flexibility index (Phi) is 5.94. The number of nitrogens with one attached hydrogen (secondary N) is 2. The lowest BCUT2D eigenvalue weighted by Crippen LogP contribution is -2.15. The van der Waals surface area contributed by atoms with Crippen molar-refractivity contribution in [3.8, 4) is 5.75 Å². The number of nitrogens with zero attached hydrogens (tertiary/aromatic N) is 1. The second-order valence-corrected chi connectivity index (χ2v) is 6.53. The Morgan fingerprint density at radius 3 is 2.52 bits per heavy atom. The van der Waals surface area contributed by atoms with Crippen molar-refractivity contribution in [2.75, 3.05) is 17.7 Å². The van der Waals surface area contributed by atoms with E-state index in [-0.39, 0.29) is 12.3 Å². The molecule has 0 bridgehead atoms. The fourth-order valence-corrected chi connectivity index (χ4v) is 2.81. The number of aryl methyl sites for hydroxylation is 1. The zero-order chi connectivity index (χ0) is 19.2. The maximum absolute atomic E-state index is 12.2. The first-order valence-corrected chi connectivity index (χ1v) is 8.83. The number of benzene rings is 2. The molecule has 27 heavy (non-hydrogen) atoms. The summed E-state index contributed by atoms with van der Waals surface area (Å²) in [5, 5.41) is 6.79. The molecular formula is C21H20ClN3O2. The summed E-state index contributed by atoms with van der Waals surface area (Å²) in [6, 6.07) is 16.7. The molecule has 0 atom stereocenters. The lowest BCUT2D eigenvalue weighted by atomic mass is 10.1. The molecule has 3 rings (SSSR count).